The fraction of sp³-hybridized carbons (Fsp3) is 0.160. The van der Waals surface area contributed by atoms with Crippen LogP contribution in [0.1, 0.15) is 16.7 Å². The minimum Gasteiger partial charge on any atom is -0.439 e. The van der Waals surface area contributed by atoms with Gasteiger partial charge in [0, 0.05) is 50.9 Å². The first-order valence-corrected chi connectivity index (χ1v) is 10.6. The molecule has 0 saturated heterocycles. The third kappa shape index (κ3) is 7.27. The summed E-state index contributed by atoms with van der Waals surface area (Å²) in [5, 5.41) is 10.9. The minimum absolute atomic E-state index is 0. The lowest BCUT2D eigenvalue weighted by Crippen LogP contribution is -2.36. The number of pyridine rings is 1. The Morgan fingerprint density at radius 1 is 1.00 bits per heavy atom. The second kappa shape index (κ2) is 12.7. The van der Waals surface area contributed by atoms with Gasteiger partial charge >= 0.3 is 0 Å². The normalized spacial score (nSPS) is 10.9. The van der Waals surface area contributed by atoms with Gasteiger partial charge < -0.3 is 15.4 Å². The van der Waals surface area contributed by atoms with E-state index in [1.165, 1.54) is 23.3 Å². The Bertz CT molecular complexity index is 1200. The highest BCUT2D eigenvalue weighted by Gasteiger charge is 2.06. The molecule has 0 unspecified atom stereocenters. The van der Waals surface area contributed by atoms with E-state index in [1.807, 2.05) is 35.1 Å². The largest absolute Gasteiger partial charge is 0.439 e. The lowest BCUT2D eigenvalue weighted by molar-refractivity contribution is 0.457. The highest BCUT2D eigenvalue weighted by atomic mass is 127. The summed E-state index contributed by atoms with van der Waals surface area (Å²) in [6, 6.07) is 19.8. The van der Waals surface area contributed by atoms with E-state index in [9.17, 15) is 4.39 Å². The van der Waals surface area contributed by atoms with Crippen molar-refractivity contribution >= 4 is 29.9 Å². The molecule has 2 N–H and O–H groups in total. The van der Waals surface area contributed by atoms with Crippen LogP contribution in [0.2, 0.25) is 0 Å². The second-order valence-corrected chi connectivity index (χ2v) is 7.32. The molecule has 0 atom stereocenters. The molecule has 2 heterocycles. The lowest BCUT2D eigenvalue weighted by atomic mass is 10.1. The zero-order valence-corrected chi connectivity index (χ0v) is 21.0. The van der Waals surface area contributed by atoms with Crippen LogP contribution in [0.3, 0.4) is 0 Å². The Labute approximate surface area is 215 Å². The van der Waals surface area contributed by atoms with Gasteiger partial charge in [-0.3, -0.25) is 9.67 Å². The van der Waals surface area contributed by atoms with E-state index in [0.29, 0.717) is 37.2 Å². The van der Waals surface area contributed by atoms with Gasteiger partial charge in [0.15, 0.2) is 5.96 Å². The molecule has 34 heavy (non-hydrogen) atoms. The summed E-state index contributed by atoms with van der Waals surface area (Å²) >= 11 is 0. The molecule has 0 aliphatic heterocycles. The molecule has 0 radical (unpaired) electrons. The maximum atomic E-state index is 13.3. The number of rotatable bonds is 8. The Kier molecular flexibility index (Phi) is 9.39. The fourth-order valence-electron chi connectivity index (χ4n) is 3.27. The highest BCUT2D eigenvalue weighted by molar-refractivity contribution is 14.0. The minimum atomic E-state index is -0.351. The Morgan fingerprint density at radius 3 is 2.53 bits per heavy atom. The maximum absolute atomic E-state index is 13.3. The Balaban J connectivity index is 0.00000324. The number of guanidine groups is 1. The van der Waals surface area contributed by atoms with Gasteiger partial charge in [-0.2, -0.15) is 5.10 Å². The smallest absolute Gasteiger partial charge is 0.219 e. The van der Waals surface area contributed by atoms with E-state index >= 15 is 0 Å². The number of nitrogens with zero attached hydrogens (tertiary/aromatic N) is 4. The third-order valence-corrected chi connectivity index (χ3v) is 4.96. The third-order valence-electron chi connectivity index (χ3n) is 4.96. The van der Waals surface area contributed by atoms with Crippen LogP contribution in [-0.4, -0.2) is 27.8 Å². The summed E-state index contributed by atoms with van der Waals surface area (Å²) in [5.41, 5.74) is 3.34. The molecular weight excluding hydrogens is 546 g/mol. The number of aromatic nitrogens is 3. The monoisotopic (exact) mass is 572 g/mol. The average Bonchev–Trinajstić information content (AvgIpc) is 3.34. The summed E-state index contributed by atoms with van der Waals surface area (Å²) in [7, 11) is 1.74. The molecule has 0 aliphatic rings. The SMILES string of the molecule is CN=C(NCc1ccc(Oc2cccc(F)c2)nc1)NCc1ccccc1Cn1cccn1.I. The summed E-state index contributed by atoms with van der Waals surface area (Å²) < 4.78 is 20.8. The average molecular weight is 572 g/mol. The molecule has 9 heteroatoms. The number of hydrogen-bond acceptors (Lipinski definition) is 4. The number of aliphatic imine (C=N–C) groups is 1. The van der Waals surface area contributed by atoms with Crippen LogP contribution >= 0.6 is 24.0 Å². The molecule has 7 nitrogen and oxygen atoms in total. The van der Waals surface area contributed by atoms with E-state index in [0.717, 1.165) is 5.56 Å². The predicted molar refractivity (Wildman–Crippen MR) is 141 cm³/mol. The molecule has 0 amide bonds. The predicted octanol–water partition coefficient (Wildman–Crippen LogP) is 4.74. The van der Waals surface area contributed by atoms with Gasteiger partial charge in [0.1, 0.15) is 11.6 Å². The Hall–Kier alpha value is -3.47. The van der Waals surface area contributed by atoms with Crippen LogP contribution in [0.5, 0.6) is 11.6 Å². The van der Waals surface area contributed by atoms with Crippen molar-refractivity contribution in [3.05, 3.63) is 108 Å². The van der Waals surface area contributed by atoms with Gasteiger partial charge in [-0.25, -0.2) is 9.37 Å². The summed E-state index contributed by atoms with van der Waals surface area (Å²) in [4.78, 5) is 8.60. The zero-order valence-electron chi connectivity index (χ0n) is 18.7. The van der Waals surface area contributed by atoms with Crippen molar-refractivity contribution in [1.82, 2.24) is 25.4 Å². The van der Waals surface area contributed by atoms with Crippen LogP contribution in [0.15, 0.2) is 90.3 Å². The molecule has 176 valence electrons. The van der Waals surface area contributed by atoms with Crippen LogP contribution < -0.4 is 15.4 Å². The van der Waals surface area contributed by atoms with E-state index in [1.54, 1.807) is 37.6 Å². The van der Waals surface area contributed by atoms with Crippen LogP contribution in [-0.2, 0) is 19.6 Å². The first-order valence-electron chi connectivity index (χ1n) is 10.6. The summed E-state index contributed by atoms with van der Waals surface area (Å²) in [6.45, 7) is 1.89. The number of nitrogens with one attached hydrogen (secondary N) is 2. The number of ether oxygens (including phenoxy) is 1. The molecule has 0 saturated carbocycles. The zero-order chi connectivity index (χ0) is 22.9. The van der Waals surface area contributed by atoms with Crippen LogP contribution in [0, 0.1) is 5.82 Å². The number of halogens is 2. The molecule has 2 aromatic heterocycles. The molecule has 4 rings (SSSR count). The van der Waals surface area contributed by atoms with Gasteiger partial charge in [-0.15, -0.1) is 24.0 Å². The van der Waals surface area contributed by atoms with Crippen LogP contribution in [0.25, 0.3) is 0 Å². The maximum Gasteiger partial charge on any atom is 0.219 e. The van der Waals surface area contributed by atoms with Crippen LogP contribution in [0.4, 0.5) is 4.39 Å². The first kappa shape index (κ1) is 25.2. The molecule has 0 spiro atoms. The van der Waals surface area contributed by atoms with Gasteiger partial charge in [-0.05, 0) is 34.9 Å². The standard InChI is InChI=1S/C25H25FN6O.HI/c1-27-25(30-17-20-6-2-3-7-21(20)18-32-13-5-12-31-32)29-16-19-10-11-24(28-15-19)33-23-9-4-8-22(26)14-23;/h2-15H,16-18H2,1H3,(H2,27,29,30);1H. The van der Waals surface area contributed by atoms with Gasteiger partial charge in [0.05, 0.1) is 6.54 Å². The van der Waals surface area contributed by atoms with Crippen molar-refractivity contribution in [2.45, 2.75) is 19.6 Å². The van der Waals surface area contributed by atoms with Crippen molar-refractivity contribution < 1.29 is 9.13 Å². The number of benzene rings is 2. The topological polar surface area (TPSA) is 76.4 Å². The van der Waals surface area contributed by atoms with Crippen molar-refractivity contribution in [2.24, 2.45) is 4.99 Å². The molecule has 2 aromatic carbocycles. The molecular formula is C25H26FIN6O. The fourth-order valence-corrected chi connectivity index (χ4v) is 3.27. The van der Waals surface area contributed by atoms with Crippen molar-refractivity contribution in [3.63, 3.8) is 0 Å². The van der Waals surface area contributed by atoms with E-state index in [2.05, 4.69) is 37.8 Å². The summed E-state index contributed by atoms with van der Waals surface area (Å²) in [6.07, 6.45) is 5.45. The van der Waals surface area contributed by atoms with E-state index in [-0.39, 0.29) is 29.8 Å². The van der Waals surface area contributed by atoms with Crippen molar-refractivity contribution in [2.75, 3.05) is 7.05 Å². The van der Waals surface area contributed by atoms with Gasteiger partial charge in [0.2, 0.25) is 5.88 Å². The van der Waals surface area contributed by atoms with E-state index in [4.69, 9.17) is 4.74 Å². The van der Waals surface area contributed by atoms with Crippen molar-refractivity contribution in [1.29, 1.82) is 0 Å². The van der Waals surface area contributed by atoms with Crippen molar-refractivity contribution in [3.8, 4) is 11.6 Å². The van der Waals surface area contributed by atoms with E-state index < -0.39 is 0 Å². The first-order chi connectivity index (χ1) is 16.2. The molecule has 0 fully saturated rings. The quantitative estimate of drug-likeness (QED) is 0.181. The molecule has 4 aromatic rings. The molecule has 0 bridgehead atoms. The number of hydrogen-bond donors (Lipinski definition) is 2. The summed E-state index contributed by atoms with van der Waals surface area (Å²) in [5.74, 6) is 1.15. The molecule has 0 aliphatic carbocycles. The Morgan fingerprint density at radius 2 is 1.82 bits per heavy atom. The second-order valence-electron chi connectivity index (χ2n) is 7.32. The van der Waals surface area contributed by atoms with Gasteiger partial charge in [-0.1, -0.05) is 36.4 Å². The highest BCUT2D eigenvalue weighted by Crippen LogP contribution is 2.20. The lowest BCUT2D eigenvalue weighted by Gasteiger charge is -2.14. The van der Waals surface area contributed by atoms with Gasteiger partial charge in [0.25, 0.3) is 0 Å².